The topological polar surface area (TPSA) is 73.1 Å². The van der Waals surface area contributed by atoms with E-state index in [9.17, 15) is 0 Å². The number of fused-ring (bicyclic) bond motifs is 2. The third-order valence-electron chi connectivity index (χ3n) is 5.03. The Balaban J connectivity index is 1.79. The summed E-state index contributed by atoms with van der Waals surface area (Å²) in [7, 11) is 1.86. The molecule has 5 aromatic rings. The van der Waals surface area contributed by atoms with Gasteiger partial charge in [0.2, 0.25) is 0 Å². The van der Waals surface area contributed by atoms with E-state index in [1.165, 1.54) is 0 Å². The first-order valence-corrected chi connectivity index (χ1v) is 9.82. The number of nitrogens with one attached hydrogen (secondary N) is 1. The zero-order valence-corrected chi connectivity index (χ0v) is 16.7. The predicted molar refractivity (Wildman–Crippen MR) is 119 cm³/mol. The summed E-state index contributed by atoms with van der Waals surface area (Å²) in [6, 6.07) is 16.0. The van der Waals surface area contributed by atoms with Gasteiger partial charge in [0, 0.05) is 35.8 Å². The minimum atomic E-state index is 0.537. The summed E-state index contributed by atoms with van der Waals surface area (Å²) >= 11 is 0. The van der Waals surface area contributed by atoms with Gasteiger partial charge in [-0.3, -0.25) is 4.98 Å². The Morgan fingerprint density at radius 2 is 1.93 bits per heavy atom. The van der Waals surface area contributed by atoms with E-state index in [1.54, 1.807) is 18.7 Å². The number of pyridine rings is 1. The average Bonchev–Trinajstić information content (AvgIpc) is 3.28. The molecule has 0 fully saturated rings. The van der Waals surface area contributed by atoms with Crippen molar-refractivity contribution in [3.63, 3.8) is 0 Å². The zero-order chi connectivity index (χ0) is 20.5. The number of hydrogen-bond acceptors (Lipinski definition) is 6. The van der Waals surface area contributed by atoms with Crippen LogP contribution < -0.4 is 10.1 Å². The molecule has 148 valence electrons. The van der Waals surface area contributed by atoms with Crippen LogP contribution in [-0.4, -0.2) is 28.6 Å². The van der Waals surface area contributed by atoms with Crippen molar-refractivity contribution in [2.45, 2.75) is 6.92 Å². The van der Waals surface area contributed by atoms with Gasteiger partial charge in [0.15, 0.2) is 5.82 Å². The molecule has 0 saturated heterocycles. The summed E-state index contributed by atoms with van der Waals surface area (Å²) < 4.78 is 11.6. The normalized spacial score (nSPS) is 11.1. The molecule has 0 aliphatic carbocycles. The number of ether oxygens (including phenoxy) is 1. The molecular formula is C24H20N4O2. The Labute approximate surface area is 173 Å². The van der Waals surface area contributed by atoms with Gasteiger partial charge in [0.1, 0.15) is 22.7 Å². The summed E-state index contributed by atoms with van der Waals surface area (Å²) in [6.45, 7) is 2.51. The lowest BCUT2D eigenvalue weighted by Gasteiger charge is -2.14. The third-order valence-corrected chi connectivity index (χ3v) is 5.03. The quantitative estimate of drug-likeness (QED) is 0.420. The summed E-state index contributed by atoms with van der Waals surface area (Å²) in [5.74, 6) is 2.06. The fraction of sp³-hybridized carbons (Fsp3) is 0.125. The van der Waals surface area contributed by atoms with Gasteiger partial charge in [-0.2, -0.15) is 0 Å². The number of benzene rings is 2. The van der Waals surface area contributed by atoms with Crippen molar-refractivity contribution in [3.8, 4) is 28.3 Å². The minimum Gasteiger partial charge on any atom is -0.492 e. The standard InChI is InChI=1S/C24H20N4O2/c1-3-29-21-13-16(17-7-4-8-20-18(17)9-11-30-20)12-19-22(21)27-23(28-24(19)25-2)15-6-5-10-26-14-15/h4-14H,3H2,1-2H3,(H,25,27,28). The molecule has 0 radical (unpaired) electrons. The molecular weight excluding hydrogens is 376 g/mol. The molecule has 6 heteroatoms. The fourth-order valence-electron chi connectivity index (χ4n) is 3.68. The highest BCUT2D eigenvalue weighted by Gasteiger charge is 2.16. The molecule has 1 N–H and O–H groups in total. The molecule has 0 atom stereocenters. The molecule has 6 nitrogen and oxygen atoms in total. The Morgan fingerprint density at radius 3 is 2.73 bits per heavy atom. The van der Waals surface area contributed by atoms with Crippen molar-refractivity contribution in [1.82, 2.24) is 15.0 Å². The number of rotatable bonds is 5. The van der Waals surface area contributed by atoms with Gasteiger partial charge in [-0.05, 0) is 54.4 Å². The molecule has 0 unspecified atom stereocenters. The van der Waals surface area contributed by atoms with Gasteiger partial charge in [-0.15, -0.1) is 0 Å². The molecule has 3 heterocycles. The zero-order valence-electron chi connectivity index (χ0n) is 16.7. The molecule has 0 amide bonds. The smallest absolute Gasteiger partial charge is 0.163 e. The summed E-state index contributed by atoms with van der Waals surface area (Å²) in [5, 5.41) is 5.16. The van der Waals surface area contributed by atoms with Crippen LogP contribution in [0.1, 0.15) is 6.92 Å². The Morgan fingerprint density at radius 1 is 1.00 bits per heavy atom. The molecule has 30 heavy (non-hydrogen) atoms. The van der Waals surface area contributed by atoms with Crippen molar-refractivity contribution >= 4 is 27.7 Å². The van der Waals surface area contributed by atoms with E-state index < -0.39 is 0 Å². The van der Waals surface area contributed by atoms with E-state index in [1.807, 2.05) is 50.4 Å². The van der Waals surface area contributed by atoms with Gasteiger partial charge < -0.3 is 14.5 Å². The van der Waals surface area contributed by atoms with Crippen molar-refractivity contribution < 1.29 is 9.15 Å². The van der Waals surface area contributed by atoms with E-state index >= 15 is 0 Å². The lowest BCUT2D eigenvalue weighted by Crippen LogP contribution is -2.02. The summed E-state index contributed by atoms with van der Waals surface area (Å²) in [5.41, 5.74) is 4.56. The predicted octanol–water partition coefficient (Wildman–Crippen LogP) is 5.55. The second-order valence-corrected chi connectivity index (χ2v) is 6.83. The van der Waals surface area contributed by atoms with Crippen molar-refractivity contribution in [3.05, 3.63) is 67.2 Å². The maximum Gasteiger partial charge on any atom is 0.163 e. The maximum atomic E-state index is 6.01. The molecule has 2 aromatic carbocycles. The van der Waals surface area contributed by atoms with Crippen LogP contribution in [0.2, 0.25) is 0 Å². The van der Waals surface area contributed by atoms with Gasteiger partial charge >= 0.3 is 0 Å². The average molecular weight is 396 g/mol. The van der Waals surface area contributed by atoms with Crippen LogP contribution in [0.15, 0.2) is 71.6 Å². The van der Waals surface area contributed by atoms with Crippen LogP contribution in [0.25, 0.3) is 44.4 Å². The molecule has 0 aliphatic heterocycles. The molecule has 0 saturated carbocycles. The van der Waals surface area contributed by atoms with Crippen LogP contribution in [0.3, 0.4) is 0 Å². The SMILES string of the molecule is CCOc1cc(-c2cccc3occc23)cc2c(NC)nc(-c3cccnc3)nc12. The maximum absolute atomic E-state index is 6.01. The van der Waals surface area contributed by atoms with Gasteiger partial charge in [-0.1, -0.05) is 12.1 Å². The second-order valence-electron chi connectivity index (χ2n) is 6.83. The number of anilines is 1. The molecule has 3 aromatic heterocycles. The van der Waals surface area contributed by atoms with Crippen molar-refractivity contribution in [1.29, 1.82) is 0 Å². The van der Waals surface area contributed by atoms with Crippen molar-refractivity contribution in [2.24, 2.45) is 0 Å². The van der Waals surface area contributed by atoms with Crippen LogP contribution in [0.4, 0.5) is 5.82 Å². The third kappa shape index (κ3) is 3.03. The van der Waals surface area contributed by atoms with E-state index in [0.29, 0.717) is 12.4 Å². The number of nitrogens with zero attached hydrogens (tertiary/aromatic N) is 3. The first kappa shape index (κ1) is 18.1. The van der Waals surface area contributed by atoms with Crippen LogP contribution in [0, 0.1) is 0 Å². The lowest BCUT2D eigenvalue weighted by atomic mass is 9.99. The first-order chi connectivity index (χ1) is 14.8. The van der Waals surface area contributed by atoms with Gasteiger partial charge in [-0.25, -0.2) is 9.97 Å². The fourth-order valence-corrected chi connectivity index (χ4v) is 3.68. The van der Waals surface area contributed by atoms with E-state index in [4.69, 9.17) is 19.1 Å². The van der Waals surface area contributed by atoms with Crippen LogP contribution >= 0.6 is 0 Å². The number of furan rings is 1. The monoisotopic (exact) mass is 396 g/mol. The van der Waals surface area contributed by atoms with Crippen LogP contribution in [-0.2, 0) is 0 Å². The van der Waals surface area contributed by atoms with Gasteiger partial charge in [0.25, 0.3) is 0 Å². The van der Waals surface area contributed by atoms with Gasteiger partial charge in [0.05, 0.1) is 12.9 Å². The van der Waals surface area contributed by atoms with E-state index in [0.717, 1.165) is 50.1 Å². The lowest BCUT2D eigenvalue weighted by molar-refractivity contribution is 0.344. The largest absolute Gasteiger partial charge is 0.492 e. The Bertz CT molecular complexity index is 1350. The molecule has 0 spiro atoms. The number of aromatic nitrogens is 3. The highest BCUT2D eigenvalue weighted by Crippen LogP contribution is 2.38. The van der Waals surface area contributed by atoms with Crippen molar-refractivity contribution in [2.75, 3.05) is 19.0 Å². The molecule has 0 bridgehead atoms. The first-order valence-electron chi connectivity index (χ1n) is 9.82. The Hall–Kier alpha value is -3.93. The summed E-state index contributed by atoms with van der Waals surface area (Å²) in [6.07, 6.45) is 5.20. The molecule has 5 rings (SSSR count). The Kier molecular flexibility index (Phi) is 4.52. The molecule has 0 aliphatic rings. The van der Waals surface area contributed by atoms with E-state index in [-0.39, 0.29) is 0 Å². The van der Waals surface area contributed by atoms with Crippen LogP contribution in [0.5, 0.6) is 5.75 Å². The number of hydrogen-bond donors (Lipinski definition) is 1. The summed E-state index contributed by atoms with van der Waals surface area (Å²) in [4.78, 5) is 13.8. The highest BCUT2D eigenvalue weighted by atomic mass is 16.5. The minimum absolute atomic E-state index is 0.537. The highest BCUT2D eigenvalue weighted by molar-refractivity contribution is 6.01. The van der Waals surface area contributed by atoms with E-state index in [2.05, 4.69) is 22.4 Å². The second kappa shape index (κ2) is 7.48.